The Morgan fingerprint density at radius 2 is 1.75 bits per heavy atom. The third-order valence-corrected chi connectivity index (χ3v) is 5.23. The molecule has 24 heavy (non-hydrogen) atoms. The number of hydrogen-bond donors (Lipinski definition) is 1. The van der Waals surface area contributed by atoms with Crippen LogP contribution in [0.4, 0.5) is 5.69 Å². The van der Waals surface area contributed by atoms with E-state index in [1.54, 1.807) is 12.1 Å². The summed E-state index contributed by atoms with van der Waals surface area (Å²) >= 11 is 0. The van der Waals surface area contributed by atoms with E-state index in [9.17, 15) is 8.42 Å². The number of sulfonamides is 1. The second-order valence-electron chi connectivity index (χ2n) is 5.40. The molecule has 1 saturated heterocycles. The van der Waals surface area contributed by atoms with Gasteiger partial charge in [0.1, 0.15) is 12.1 Å². The summed E-state index contributed by atoms with van der Waals surface area (Å²) in [6, 6.07) is 9.20. The smallest absolute Gasteiger partial charge is 0.243 e. The van der Waals surface area contributed by atoms with Crippen molar-refractivity contribution < 1.29 is 13.2 Å². The minimum Gasteiger partial charge on any atom is -0.373 e. The number of benzene rings is 1. The molecule has 0 bridgehead atoms. The molecule has 1 aromatic carbocycles. The molecule has 1 N–H and O–H groups in total. The molecule has 2 rings (SSSR count). The molecule has 126 valence electrons. The molecule has 2 atom stereocenters. The SMILES string of the molecule is CC1CN(S(=O)(=O)c2ccc(NN=C(C#N)C#N)cc2)CC(C)O1. The lowest BCUT2D eigenvalue weighted by Gasteiger charge is -2.34. The molecule has 1 aromatic rings. The van der Waals surface area contributed by atoms with Gasteiger partial charge in [0.15, 0.2) is 0 Å². The number of hydrazone groups is 1. The summed E-state index contributed by atoms with van der Waals surface area (Å²) < 4.78 is 32.3. The van der Waals surface area contributed by atoms with Crippen LogP contribution in [0.3, 0.4) is 0 Å². The molecule has 1 aliphatic heterocycles. The van der Waals surface area contributed by atoms with Crippen molar-refractivity contribution in [1.82, 2.24) is 4.31 Å². The third-order valence-electron chi connectivity index (χ3n) is 3.39. The number of nitrogens with one attached hydrogen (secondary N) is 1. The van der Waals surface area contributed by atoms with Crippen LogP contribution in [0.15, 0.2) is 34.3 Å². The molecule has 0 aromatic heterocycles. The number of morpholine rings is 1. The average molecular weight is 347 g/mol. The van der Waals surface area contributed by atoms with E-state index in [0.717, 1.165) is 0 Å². The Bertz CT molecular complexity index is 779. The van der Waals surface area contributed by atoms with E-state index in [1.165, 1.54) is 28.6 Å². The van der Waals surface area contributed by atoms with Crippen LogP contribution in [0.25, 0.3) is 0 Å². The first kappa shape index (κ1) is 17.9. The van der Waals surface area contributed by atoms with Crippen molar-refractivity contribution in [2.24, 2.45) is 5.10 Å². The Morgan fingerprint density at radius 3 is 2.25 bits per heavy atom. The normalized spacial score (nSPS) is 21.3. The number of anilines is 1. The summed E-state index contributed by atoms with van der Waals surface area (Å²) in [4.78, 5) is 0.166. The van der Waals surface area contributed by atoms with Gasteiger partial charge in [0, 0.05) is 13.1 Å². The van der Waals surface area contributed by atoms with Crippen molar-refractivity contribution in [3.05, 3.63) is 24.3 Å². The molecular formula is C15H17N5O3S. The second-order valence-corrected chi connectivity index (χ2v) is 7.34. The zero-order valence-corrected chi connectivity index (χ0v) is 14.1. The first-order valence-corrected chi connectivity index (χ1v) is 8.70. The van der Waals surface area contributed by atoms with E-state index in [-0.39, 0.29) is 22.8 Å². The van der Waals surface area contributed by atoms with E-state index in [0.29, 0.717) is 18.8 Å². The lowest BCUT2D eigenvalue weighted by atomic mass is 10.3. The molecule has 1 heterocycles. The van der Waals surface area contributed by atoms with Crippen molar-refractivity contribution in [3.63, 3.8) is 0 Å². The van der Waals surface area contributed by atoms with Crippen LogP contribution in [-0.4, -0.2) is 43.7 Å². The van der Waals surface area contributed by atoms with Crippen LogP contribution in [0.2, 0.25) is 0 Å². The maximum absolute atomic E-state index is 12.7. The molecule has 1 aliphatic rings. The Kier molecular flexibility index (Phi) is 5.52. The molecule has 0 radical (unpaired) electrons. The molecule has 8 nitrogen and oxygen atoms in total. The summed E-state index contributed by atoms with van der Waals surface area (Å²) in [5.41, 5.74) is 2.69. The lowest BCUT2D eigenvalue weighted by Crippen LogP contribution is -2.48. The second kappa shape index (κ2) is 7.41. The third kappa shape index (κ3) is 4.09. The highest BCUT2D eigenvalue weighted by Gasteiger charge is 2.32. The minimum atomic E-state index is -3.60. The van der Waals surface area contributed by atoms with Crippen LogP contribution >= 0.6 is 0 Å². The number of rotatable bonds is 4. The molecule has 0 spiro atoms. The van der Waals surface area contributed by atoms with E-state index >= 15 is 0 Å². The molecule has 0 saturated carbocycles. The van der Waals surface area contributed by atoms with Gasteiger partial charge in [-0.2, -0.15) is 19.9 Å². The van der Waals surface area contributed by atoms with Crippen molar-refractivity contribution in [2.75, 3.05) is 18.5 Å². The Balaban J connectivity index is 2.16. The van der Waals surface area contributed by atoms with Gasteiger partial charge < -0.3 is 4.74 Å². The Morgan fingerprint density at radius 1 is 1.21 bits per heavy atom. The van der Waals surface area contributed by atoms with E-state index < -0.39 is 10.0 Å². The quantitative estimate of drug-likeness (QED) is 0.648. The highest BCUT2D eigenvalue weighted by Crippen LogP contribution is 2.22. The standard InChI is InChI=1S/C15H17N5O3S/c1-11-9-20(10-12(2)23-11)24(21,22)15-5-3-13(4-6-15)18-19-14(7-16)8-17/h3-6,11-12,18H,9-10H2,1-2H3. The van der Waals surface area contributed by atoms with Crippen LogP contribution in [-0.2, 0) is 14.8 Å². The van der Waals surface area contributed by atoms with Gasteiger partial charge in [0.05, 0.1) is 22.8 Å². The highest BCUT2D eigenvalue weighted by molar-refractivity contribution is 7.89. The van der Waals surface area contributed by atoms with Crippen LogP contribution in [0, 0.1) is 22.7 Å². The maximum atomic E-state index is 12.7. The largest absolute Gasteiger partial charge is 0.373 e. The summed E-state index contributed by atoms with van der Waals surface area (Å²) in [6.07, 6.45) is -0.316. The lowest BCUT2D eigenvalue weighted by molar-refractivity contribution is -0.0440. The van der Waals surface area contributed by atoms with Gasteiger partial charge in [-0.05, 0) is 38.1 Å². The number of hydrogen-bond acceptors (Lipinski definition) is 7. The van der Waals surface area contributed by atoms with Gasteiger partial charge in [-0.25, -0.2) is 8.42 Å². The summed E-state index contributed by atoms with van der Waals surface area (Å²) in [6.45, 7) is 4.30. The van der Waals surface area contributed by atoms with Gasteiger partial charge in [-0.15, -0.1) is 0 Å². The van der Waals surface area contributed by atoms with Gasteiger partial charge in [0.25, 0.3) is 0 Å². The van der Waals surface area contributed by atoms with Gasteiger partial charge >= 0.3 is 0 Å². The van der Waals surface area contributed by atoms with Crippen LogP contribution in [0.1, 0.15) is 13.8 Å². The summed E-state index contributed by atoms with van der Waals surface area (Å²) in [5, 5.41) is 20.8. The minimum absolute atomic E-state index is 0.158. The monoisotopic (exact) mass is 347 g/mol. The first-order chi connectivity index (χ1) is 11.4. The number of ether oxygens (including phenoxy) is 1. The topological polar surface area (TPSA) is 119 Å². The molecule has 9 heteroatoms. The Hall–Kier alpha value is -2.46. The predicted octanol–water partition coefficient (Wildman–Crippen LogP) is 1.30. The predicted molar refractivity (Wildman–Crippen MR) is 87.5 cm³/mol. The molecule has 1 fully saturated rings. The summed E-state index contributed by atoms with van der Waals surface area (Å²) in [7, 11) is -3.60. The molecule has 0 aliphatic carbocycles. The average Bonchev–Trinajstić information content (AvgIpc) is 2.55. The van der Waals surface area contributed by atoms with Gasteiger partial charge in [-0.3, -0.25) is 5.43 Å². The fourth-order valence-corrected chi connectivity index (χ4v) is 3.96. The van der Waals surface area contributed by atoms with E-state index in [2.05, 4.69) is 10.5 Å². The van der Waals surface area contributed by atoms with Gasteiger partial charge in [0.2, 0.25) is 15.7 Å². The molecule has 2 unspecified atom stereocenters. The van der Waals surface area contributed by atoms with E-state index in [1.807, 2.05) is 13.8 Å². The van der Waals surface area contributed by atoms with Crippen molar-refractivity contribution in [3.8, 4) is 12.1 Å². The Labute approximate surface area is 141 Å². The first-order valence-electron chi connectivity index (χ1n) is 7.26. The maximum Gasteiger partial charge on any atom is 0.243 e. The van der Waals surface area contributed by atoms with E-state index in [4.69, 9.17) is 15.3 Å². The van der Waals surface area contributed by atoms with Crippen molar-refractivity contribution >= 4 is 21.4 Å². The van der Waals surface area contributed by atoms with Crippen molar-refractivity contribution in [2.45, 2.75) is 31.0 Å². The number of nitriles is 2. The van der Waals surface area contributed by atoms with Crippen LogP contribution in [0.5, 0.6) is 0 Å². The fourth-order valence-electron chi connectivity index (χ4n) is 2.37. The molecule has 0 amide bonds. The van der Waals surface area contributed by atoms with Gasteiger partial charge in [-0.1, -0.05) is 0 Å². The summed E-state index contributed by atoms with van der Waals surface area (Å²) in [5.74, 6) is 0. The van der Waals surface area contributed by atoms with Crippen LogP contribution < -0.4 is 5.43 Å². The van der Waals surface area contributed by atoms with Crippen molar-refractivity contribution in [1.29, 1.82) is 10.5 Å². The number of nitrogens with zero attached hydrogens (tertiary/aromatic N) is 4. The highest BCUT2D eigenvalue weighted by atomic mass is 32.2. The zero-order chi connectivity index (χ0) is 17.7. The fraction of sp³-hybridized carbons (Fsp3) is 0.400. The zero-order valence-electron chi connectivity index (χ0n) is 13.3. The molecular weight excluding hydrogens is 330 g/mol.